The normalized spacial score (nSPS) is 16.1. The highest BCUT2D eigenvalue weighted by atomic mass is 16.1. The second-order valence-corrected chi connectivity index (χ2v) is 1.55. The van der Waals surface area contributed by atoms with Crippen LogP contribution in [0.4, 0.5) is 0 Å². The van der Waals surface area contributed by atoms with E-state index in [0.717, 1.165) is 5.71 Å². The highest BCUT2D eigenvalue weighted by Gasteiger charge is 2.00. The van der Waals surface area contributed by atoms with E-state index in [2.05, 4.69) is 4.99 Å². The van der Waals surface area contributed by atoms with Gasteiger partial charge in [-0.05, 0) is 13.0 Å². The molecule has 0 saturated carbocycles. The Hall–Kier alpha value is -1.14. The molecule has 0 radical (unpaired) electrons. The van der Waals surface area contributed by atoms with E-state index < -0.39 is 0 Å². The number of hydrogen-bond donors (Lipinski definition) is 0. The molecule has 40 valence electrons. The van der Waals surface area contributed by atoms with E-state index in [9.17, 15) is 4.79 Å². The highest BCUT2D eigenvalue weighted by Crippen LogP contribution is 2.03. The lowest BCUT2D eigenvalue weighted by molar-refractivity contribution is 0.568. The summed E-state index contributed by atoms with van der Waals surface area (Å²) >= 11 is 0. The Balaban J connectivity index is 3.05. The average molecular weight is 107 g/mol. The minimum absolute atomic E-state index is 0.560. The molecule has 0 bridgehead atoms. The van der Waals surface area contributed by atoms with Crippen molar-refractivity contribution in [1.82, 2.24) is 0 Å². The molecule has 1 aliphatic heterocycles. The van der Waals surface area contributed by atoms with Crippen LogP contribution >= 0.6 is 0 Å². The Bertz CT molecular complexity index is 207. The number of hydrogen-bond acceptors (Lipinski definition) is 2. The second-order valence-electron chi connectivity index (χ2n) is 1.55. The van der Waals surface area contributed by atoms with E-state index in [1.807, 2.05) is 0 Å². The lowest BCUT2D eigenvalue weighted by Gasteiger charge is -1.81. The van der Waals surface area contributed by atoms with Crippen LogP contribution < -0.4 is 0 Å². The molecule has 0 unspecified atom stereocenters. The Kier molecular flexibility index (Phi) is 1.10. The first kappa shape index (κ1) is 5.01. The fourth-order valence-corrected chi connectivity index (χ4v) is 0.522. The van der Waals surface area contributed by atoms with Gasteiger partial charge in [-0.1, -0.05) is 0 Å². The van der Waals surface area contributed by atoms with E-state index in [1.165, 1.54) is 0 Å². The molecule has 0 atom stereocenters. The molecule has 0 aromatic rings. The summed E-state index contributed by atoms with van der Waals surface area (Å²) in [6.07, 6.45) is 3.23. The van der Waals surface area contributed by atoms with Crippen LogP contribution in [0.2, 0.25) is 0 Å². The fourth-order valence-electron chi connectivity index (χ4n) is 0.522. The first-order chi connectivity index (χ1) is 3.84. The molecule has 0 aliphatic carbocycles. The molecular weight excluding hydrogens is 102 g/mol. The fraction of sp³-hybridized carbons (Fsp3) is 0.167. The van der Waals surface area contributed by atoms with Gasteiger partial charge in [-0.15, -0.1) is 0 Å². The molecule has 1 aliphatic rings. The molecule has 1 rings (SSSR count). The molecule has 0 fully saturated rings. The molecule has 2 nitrogen and oxygen atoms in total. The molecule has 8 heavy (non-hydrogen) atoms. The van der Waals surface area contributed by atoms with Crippen molar-refractivity contribution in [1.29, 1.82) is 0 Å². The highest BCUT2D eigenvalue weighted by molar-refractivity contribution is 6.09. The summed E-state index contributed by atoms with van der Waals surface area (Å²) in [6.45, 7) is 1.78. The van der Waals surface area contributed by atoms with Crippen LogP contribution in [-0.2, 0) is 4.79 Å². The van der Waals surface area contributed by atoms with Gasteiger partial charge in [0.25, 0.3) is 0 Å². The van der Waals surface area contributed by atoms with Crippen molar-refractivity contribution in [2.45, 2.75) is 6.92 Å². The SMILES string of the molecule is CC1=NC=CC1=C=O. The van der Waals surface area contributed by atoms with Crippen molar-refractivity contribution in [3.05, 3.63) is 17.8 Å². The van der Waals surface area contributed by atoms with Crippen molar-refractivity contribution in [3.8, 4) is 0 Å². The Labute approximate surface area is 47.2 Å². The summed E-state index contributed by atoms with van der Waals surface area (Å²) in [5, 5.41) is 0. The molecule has 0 amide bonds. The summed E-state index contributed by atoms with van der Waals surface area (Å²) in [4.78, 5) is 13.7. The molecule has 0 spiro atoms. The Morgan fingerprint density at radius 1 is 1.75 bits per heavy atom. The first-order valence-electron chi connectivity index (χ1n) is 2.31. The molecular formula is C6H5NO. The predicted octanol–water partition coefficient (Wildman–Crippen LogP) is 0.733. The molecule has 1 heterocycles. The quantitative estimate of drug-likeness (QED) is 0.419. The maximum absolute atomic E-state index is 9.92. The van der Waals surface area contributed by atoms with Gasteiger partial charge >= 0.3 is 0 Å². The smallest absolute Gasteiger partial charge is 0.134 e. The van der Waals surface area contributed by atoms with Gasteiger partial charge in [0.2, 0.25) is 0 Å². The van der Waals surface area contributed by atoms with Gasteiger partial charge in [0, 0.05) is 6.20 Å². The van der Waals surface area contributed by atoms with Gasteiger partial charge in [0.1, 0.15) is 5.94 Å². The van der Waals surface area contributed by atoms with E-state index in [0.29, 0.717) is 5.57 Å². The molecule has 0 N–H and O–H groups in total. The van der Waals surface area contributed by atoms with E-state index in [4.69, 9.17) is 0 Å². The lowest BCUT2D eigenvalue weighted by atomic mass is 10.2. The number of carbonyl (C=O) groups excluding carboxylic acids is 1. The standard InChI is InChI=1S/C6H5NO/c1-5-6(4-8)2-3-7-5/h2-3H,1H3. The maximum atomic E-state index is 9.92. The van der Waals surface area contributed by atoms with Gasteiger partial charge < -0.3 is 0 Å². The van der Waals surface area contributed by atoms with Crippen LogP contribution in [0.1, 0.15) is 6.92 Å². The zero-order valence-electron chi connectivity index (χ0n) is 4.51. The number of rotatable bonds is 0. The van der Waals surface area contributed by atoms with Crippen LogP contribution in [0, 0.1) is 0 Å². The van der Waals surface area contributed by atoms with E-state index in [1.54, 1.807) is 25.1 Å². The Morgan fingerprint density at radius 2 is 2.50 bits per heavy atom. The molecule has 0 aromatic carbocycles. The van der Waals surface area contributed by atoms with Gasteiger partial charge in [-0.3, -0.25) is 4.99 Å². The molecule has 0 aromatic heterocycles. The van der Waals surface area contributed by atoms with Crippen molar-refractivity contribution >= 4 is 11.7 Å². The summed E-state index contributed by atoms with van der Waals surface area (Å²) in [6, 6.07) is 0. The van der Waals surface area contributed by atoms with E-state index in [-0.39, 0.29) is 0 Å². The topological polar surface area (TPSA) is 29.4 Å². The number of nitrogens with zero attached hydrogens (tertiary/aromatic N) is 1. The van der Waals surface area contributed by atoms with Crippen molar-refractivity contribution in [2.75, 3.05) is 0 Å². The van der Waals surface area contributed by atoms with Crippen LogP contribution in [-0.4, -0.2) is 11.7 Å². The number of allylic oxidation sites excluding steroid dienone is 2. The van der Waals surface area contributed by atoms with E-state index >= 15 is 0 Å². The van der Waals surface area contributed by atoms with Gasteiger partial charge in [-0.2, -0.15) is 0 Å². The zero-order chi connectivity index (χ0) is 5.98. The third-order valence-electron chi connectivity index (χ3n) is 1.01. The Morgan fingerprint density at radius 3 is 2.75 bits per heavy atom. The van der Waals surface area contributed by atoms with Gasteiger partial charge in [-0.25, -0.2) is 4.79 Å². The van der Waals surface area contributed by atoms with Crippen molar-refractivity contribution in [2.24, 2.45) is 4.99 Å². The minimum atomic E-state index is 0.560. The summed E-state index contributed by atoms with van der Waals surface area (Å²) in [5.41, 5.74) is 1.31. The van der Waals surface area contributed by atoms with Gasteiger partial charge in [0.15, 0.2) is 0 Å². The largest absolute Gasteiger partial charge is 0.260 e. The maximum Gasteiger partial charge on any atom is 0.134 e. The minimum Gasteiger partial charge on any atom is -0.260 e. The van der Waals surface area contributed by atoms with Crippen LogP contribution in [0.15, 0.2) is 22.8 Å². The first-order valence-corrected chi connectivity index (χ1v) is 2.31. The summed E-state index contributed by atoms with van der Waals surface area (Å²) in [7, 11) is 0. The zero-order valence-corrected chi connectivity index (χ0v) is 4.51. The molecule has 0 saturated heterocycles. The van der Waals surface area contributed by atoms with Crippen molar-refractivity contribution in [3.63, 3.8) is 0 Å². The van der Waals surface area contributed by atoms with Gasteiger partial charge in [0.05, 0.1) is 11.3 Å². The summed E-state index contributed by atoms with van der Waals surface area (Å²) < 4.78 is 0. The third-order valence-corrected chi connectivity index (χ3v) is 1.01. The van der Waals surface area contributed by atoms with Crippen molar-refractivity contribution < 1.29 is 4.79 Å². The number of aliphatic imine (C=N–C) groups is 1. The third kappa shape index (κ3) is 0.614. The predicted molar refractivity (Wildman–Crippen MR) is 31.5 cm³/mol. The molecule has 2 heteroatoms. The second kappa shape index (κ2) is 1.76. The van der Waals surface area contributed by atoms with Crippen LogP contribution in [0.5, 0.6) is 0 Å². The lowest BCUT2D eigenvalue weighted by Crippen LogP contribution is -1.88. The summed E-state index contributed by atoms with van der Waals surface area (Å²) in [5.74, 6) is 1.76. The van der Waals surface area contributed by atoms with Crippen LogP contribution in [0.25, 0.3) is 0 Å². The monoisotopic (exact) mass is 107 g/mol. The average Bonchev–Trinajstić information content (AvgIpc) is 2.14. The van der Waals surface area contributed by atoms with Crippen LogP contribution in [0.3, 0.4) is 0 Å².